The van der Waals surface area contributed by atoms with E-state index in [1.807, 2.05) is 0 Å². The van der Waals surface area contributed by atoms with Crippen LogP contribution in [0.25, 0.3) is 0 Å². The smallest absolute Gasteiger partial charge is 0.331 e. The van der Waals surface area contributed by atoms with E-state index in [1.165, 1.54) is 12.1 Å². The second kappa shape index (κ2) is 11.8. The van der Waals surface area contributed by atoms with E-state index in [2.05, 4.69) is 36.3 Å². The first kappa shape index (κ1) is 28.9. The third-order valence-corrected chi connectivity index (χ3v) is 7.13. The monoisotopic (exact) mass is 530 g/mol. The topological polar surface area (TPSA) is 122 Å². The zero-order chi connectivity index (χ0) is 28.1. The predicted molar refractivity (Wildman–Crippen MR) is 135 cm³/mol. The summed E-state index contributed by atoms with van der Waals surface area (Å²) in [7, 11) is 0. The molecule has 0 atom stereocenters. The fraction of sp³-hybridized carbons (Fsp3) is 0.481. The Hall–Kier alpha value is -3.63. The van der Waals surface area contributed by atoms with Crippen molar-refractivity contribution in [2.75, 3.05) is 0 Å². The maximum Gasteiger partial charge on any atom is 0.416 e. The van der Waals surface area contributed by atoms with Gasteiger partial charge in [-0.3, -0.25) is 9.59 Å². The Bertz CT molecular complexity index is 1140. The molecule has 0 spiro atoms. The van der Waals surface area contributed by atoms with Crippen molar-refractivity contribution >= 4 is 11.8 Å². The number of hydrogen-bond donors (Lipinski definition) is 3. The van der Waals surface area contributed by atoms with Crippen molar-refractivity contribution in [1.82, 2.24) is 10.2 Å². The molecule has 8 nitrogen and oxygen atoms in total. The molecular formula is C27H33F3N6O2. The van der Waals surface area contributed by atoms with Gasteiger partial charge in [0.25, 0.3) is 18.1 Å². The van der Waals surface area contributed by atoms with Crippen LogP contribution in [-0.4, -0.2) is 29.0 Å². The minimum atomic E-state index is -4.55. The first-order valence-electron chi connectivity index (χ1n) is 12.4. The summed E-state index contributed by atoms with van der Waals surface area (Å²) in [5.74, 6) is -0.531. The summed E-state index contributed by atoms with van der Waals surface area (Å²) in [6, 6.07) is 10.8. The summed E-state index contributed by atoms with van der Waals surface area (Å²) in [4.78, 5) is 27.6. The van der Waals surface area contributed by atoms with Crippen LogP contribution in [0.1, 0.15) is 78.3 Å². The van der Waals surface area contributed by atoms with Crippen molar-refractivity contribution in [2.45, 2.75) is 71.5 Å². The predicted octanol–water partition coefficient (Wildman–Crippen LogP) is 7.03. The molecule has 0 heterocycles. The summed E-state index contributed by atoms with van der Waals surface area (Å²) in [5.41, 5.74) is 14.1. The highest BCUT2D eigenvalue weighted by molar-refractivity contribution is 5.95. The number of benzene rings is 2. The number of halogens is 3. The van der Waals surface area contributed by atoms with E-state index in [4.69, 9.17) is 11.1 Å². The number of nitrogens with one attached hydrogen (secondary N) is 3. The Labute approximate surface area is 220 Å². The third kappa shape index (κ3) is 7.23. The zero-order valence-corrected chi connectivity index (χ0v) is 21.7. The Kier molecular flexibility index (Phi) is 9.01. The Morgan fingerprint density at radius 2 is 1.58 bits per heavy atom. The highest BCUT2D eigenvalue weighted by Gasteiger charge is 2.35. The molecule has 0 aromatic heterocycles. The van der Waals surface area contributed by atoms with Gasteiger partial charge in [0.15, 0.2) is 0 Å². The molecule has 1 saturated carbocycles. The molecule has 38 heavy (non-hydrogen) atoms. The molecule has 0 aliphatic heterocycles. The van der Waals surface area contributed by atoms with Crippen molar-refractivity contribution in [3.8, 4) is 0 Å². The van der Waals surface area contributed by atoms with Gasteiger partial charge in [-0.2, -0.15) is 13.2 Å². The molecule has 2 amide bonds. The van der Waals surface area contributed by atoms with E-state index in [9.17, 15) is 22.8 Å². The highest BCUT2D eigenvalue weighted by atomic mass is 19.4. The van der Waals surface area contributed by atoms with Crippen molar-refractivity contribution in [3.63, 3.8) is 0 Å². The minimum absolute atomic E-state index is 0.0157. The van der Waals surface area contributed by atoms with Gasteiger partial charge in [0, 0.05) is 23.7 Å². The number of nitrogens with zero attached hydrogens (tertiary/aromatic N) is 3. The van der Waals surface area contributed by atoms with Gasteiger partial charge < -0.3 is 10.2 Å². The van der Waals surface area contributed by atoms with E-state index < -0.39 is 29.8 Å². The number of carbonyl (C=O) groups is 2. The van der Waals surface area contributed by atoms with Gasteiger partial charge in [-0.25, -0.2) is 11.1 Å². The molecule has 0 unspecified atom stereocenters. The fourth-order valence-corrected chi connectivity index (χ4v) is 4.87. The van der Waals surface area contributed by atoms with Crippen LogP contribution in [0.3, 0.4) is 0 Å². The van der Waals surface area contributed by atoms with Gasteiger partial charge >= 0.3 is 6.18 Å². The van der Waals surface area contributed by atoms with Crippen molar-refractivity contribution in [2.24, 2.45) is 21.6 Å². The number of hydrogen-bond acceptors (Lipinski definition) is 6. The van der Waals surface area contributed by atoms with Gasteiger partial charge in [-0.15, -0.1) is 10.2 Å². The van der Waals surface area contributed by atoms with Crippen LogP contribution < -0.4 is 5.32 Å². The van der Waals surface area contributed by atoms with E-state index >= 15 is 0 Å². The standard InChI is InChI=1S/C27H33F3N6O2/c1-26(2,3)20-11-13-22(14-12-20)36(24(38)19-5-4-6-21(15-19)27(28,29)30)16-17-7-9-18(10-8-17)23(37)33-25(34-31)35-32/h4-10,15,20,22,25,31-32H,11-14,16H2,1-3H3,(H,33,37). The van der Waals surface area contributed by atoms with Crippen molar-refractivity contribution in [1.29, 1.82) is 11.1 Å². The molecule has 0 bridgehead atoms. The number of amides is 2. The lowest BCUT2D eigenvalue weighted by Gasteiger charge is -2.41. The van der Waals surface area contributed by atoms with Crippen LogP contribution in [0, 0.1) is 22.4 Å². The summed E-state index contributed by atoms with van der Waals surface area (Å²) in [5, 5.41) is 8.35. The molecule has 2 aromatic carbocycles. The molecule has 1 aliphatic rings. The molecule has 2 aromatic rings. The number of alkyl halides is 3. The first-order chi connectivity index (χ1) is 17.8. The SMILES string of the molecule is CC(C)(C)C1CCC(N(Cc2ccc(C(=O)NC(N=N)N=N)cc2)C(=O)c2cccc(C(F)(F)F)c2)CC1. The van der Waals surface area contributed by atoms with Crippen LogP contribution in [0.15, 0.2) is 58.8 Å². The van der Waals surface area contributed by atoms with E-state index in [0.29, 0.717) is 11.5 Å². The van der Waals surface area contributed by atoms with Crippen LogP contribution in [0.2, 0.25) is 0 Å². The van der Waals surface area contributed by atoms with Gasteiger partial charge in [0.2, 0.25) is 0 Å². The first-order valence-corrected chi connectivity index (χ1v) is 12.4. The van der Waals surface area contributed by atoms with Crippen molar-refractivity contribution in [3.05, 3.63) is 70.8 Å². The zero-order valence-electron chi connectivity index (χ0n) is 21.7. The summed E-state index contributed by atoms with van der Waals surface area (Å²) >= 11 is 0. The average Bonchev–Trinajstić information content (AvgIpc) is 2.89. The molecule has 3 N–H and O–H groups in total. The number of rotatable bonds is 8. The molecule has 11 heteroatoms. The third-order valence-electron chi connectivity index (χ3n) is 7.13. The lowest BCUT2D eigenvalue weighted by Crippen LogP contribution is -2.43. The Morgan fingerprint density at radius 1 is 0.974 bits per heavy atom. The summed E-state index contributed by atoms with van der Waals surface area (Å²) < 4.78 is 40.0. The van der Waals surface area contributed by atoms with E-state index in [0.717, 1.165) is 37.8 Å². The van der Waals surface area contributed by atoms with Gasteiger partial charge in [0.1, 0.15) is 0 Å². The molecule has 1 aliphatic carbocycles. The summed E-state index contributed by atoms with van der Waals surface area (Å²) in [6.45, 7) is 6.76. The normalized spacial score (nSPS) is 18.8. The second-order valence-electron chi connectivity index (χ2n) is 10.7. The van der Waals surface area contributed by atoms with Crippen LogP contribution in [0.4, 0.5) is 13.2 Å². The molecule has 204 valence electrons. The Morgan fingerprint density at radius 3 is 2.11 bits per heavy atom. The largest absolute Gasteiger partial charge is 0.416 e. The fourth-order valence-electron chi connectivity index (χ4n) is 4.87. The van der Waals surface area contributed by atoms with Crippen LogP contribution in [-0.2, 0) is 12.7 Å². The maximum absolute atomic E-state index is 13.6. The highest BCUT2D eigenvalue weighted by Crippen LogP contribution is 2.40. The van der Waals surface area contributed by atoms with Gasteiger partial charge in [-0.05, 0) is 72.9 Å². The second-order valence-corrected chi connectivity index (χ2v) is 10.7. The van der Waals surface area contributed by atoms with Gasteiger partial charge in [0.05, 0.1) is 5.56 Å². The van der Waals surface area contributed by atoms with E-state index in [1.54, 1.807) is 29.2 Å². The van der Waals surface area contributed by atoms with Gasteiger partial charge in [-0.1, -0.05) is 39.0 Å². The van der Waals surface area contributed by atoms with E-state index in [-0.39, 0.29) is 29.1 Å². The molecule has 0 radical (unpaired) electrons. The average molecular weight is 531 g/mol. The van der Waals surface area contributed by atoms with Crippen molar-refractivity contribution < 1.29 is 22.8 Å². The van der Waals surface area contributed by atoms with Crippen LogP contribution in [0.5, 0.6) is 0 Å². The summed E-state index contributed by atoms with van der Waals surface area (Å²) in [6.07, 6.45) is -2.51. The minimum Gasteiger partial charge on any atom is -0.331 e. The molecule has 3 rings (SSSR count). The lowest BCUT2D eigenvalue weighted by molar-refractivity contribution is -0.137. The molecule has 0 saturated heterocycles. The van der Waals surface area contributed by atoms with Crippen LogP contribution >= 0.6 is 0 Å². The quantitative estimate of drug-likeness (QED) is 0.317. The molecular weight excluding hydrogens is 497 g/mol. The lowest BCUT2D eigenvalue weighted by atomic mass is 9.71. The maximum atomic E-state index is 13.6. The Balaban J connectivity index is 1.85. The molecule has 1 fully saturated rings. The number of carbonyl (C=O) groups excluding carboxylic acids is 2.